The summed E-state index contributed by atoms with van der Waals surface area (Å²) in [6.07, 6.45) is 5.56. The van der Waals surface area contributed by atoms with Gasteiger partial charge in [-0.25, -0.2) is 4.79 Å². The quantitative estimate of drug-likeness (QED) is 0.811. The summed E-state index contributed by atoms with van der Waals surface area (Å²) in [5.41, 5.74) is 0.999. The van der Waals surface area contributed by atoms with Gasteiger partial charge < -0.3 is 10.1 Å². The molecule has 21 heavy (non-hydrogen) atoms. The second-order valence-electron chi connectivity index (χ2n) is 4.00. The van der Waals surface area contributed by atoms with E-state index in [9.17, 15) is 9.59 Å². The number of pyridine rings is 2. The third-order valence-corrected chi connectivity index (χ3v) is 2.45. The van der Waals surface area contributed by atoms with Gasteiger partial charge in [0.1, 0.15) is 6.61 Å². The molecular formula is C14H14N4O3. The molecule has 0 aliphatic rings. The van der Waals surface area contributed by atoms with Gasteiger partial charge in [0.2, 0.25) is 0 Å². The topological polar surface area (TPSA) is 93.2 Å². The average Bonchev–Trinajstić information content (AvgIpc) is 2.53. The number of ether oxygens (including phenoxy) is 1. The van der Waals surface area contributed by atoms with E-state index in [1.165, 1.54) is 12.4 Å². The van der Waals surface area contributed by atoms with Crippen molar-refractivity contribution < 1.29 is 14.3 Å². The summed E-state index contributed by atoms with van der Waals surface area (Å²) in [5.74, 6) is -0.264. The molecule has 0 bridgehead atoms. The summed E-state index contributed by atoms with van der Waals surface area (Å²) < 4.78 is 4.92. The molecule has 0 radical (unpaired) electrons. The number of rotatable bonds is 5. The number of hydrogen-bond donors (Lipinski definition) is 2. The molecule has 0 fully saturated rings. The van der Waals surface area contributed by atoms with Gasteiger partial charge in [-0.1, -0.05) is 0 Å². The fraction of sp³-hybridized carbons (Fsp3) is 0.143. The second-order valence-corrected chi connectivity index (χ2v) is 4.00. The van der Waals surface area contributed by atoms with Crippen molar-refractivity contribution in [3.05, 3.63) is 54.6 Å². The predicted molar refractivity (Wildman–Crippen MR) is 75.8 cm³/mol. The summed E-state index contributed by atoms with van der Waals surface area (Å²) in [7, 11) is 0. The van der Waals surface area contributed by atoms with Crippen LogP contribution >= 0.6 is 0 Å². The van der Waals surface area contributed by atoms with E-state index < -0.39 is 6.09 Å². The molecule has 108 valence electrons. The zero-order chi connectivity index (χ0) is 14.9. The number of amides is 2. The van der Waals surface area contributed by atoms with E-state index in [0.29, 0.717) is 11.3 Å². The minimum atomic E-state index is -0.598. The lowest BCUT2D eigenvalue weighted by Crippen LogP contribution is -2.28. The number of nitrogens with one attached hydrogen (secondary N) is 2. The van der Waals surface area contributed by atoms with Gasteiger partial charge in [-0.3, -0.25) is 20.1 Å². The number of nitrogens with zero attached hydrogens (tertiary/aromatic N) is 2. The predicted octanol–water partition coefficient (Wildman–Crippen LogP) is 1.46. The normalized spacial score (nSPS) is 9.71. The Balaban J connectivity index is 1.66. The van der Waals surface area contributed by atoms with Crippen molar-refractivity contribution in [3.63, 3.8) is 0 Å². The number of carbonyl (C=O) groups is 2. The first-order chi connectivity index (χ1) is 10.3. The first-order valence-electron chi connectivity index (χ1n) is 6.28. The monoisotopic (exact) mass is 286 g/mol. The molecule has 0 aliphatic heterocycles. The highest BCUT2D eigenvalue weighted by atomic mass is 16.5. The molecule has 2 rings (SSSR count). The van der Waals surface area contributed by atoms with E-state index in [0.717, 1.165) is 0 Å². The second kappa shape index (κ2) is 7.59. The summed E-state index contributed by atoms with van der Waals surface area (Å²) in [6.45, 7) is 0.284. The largest absolute Gasteiger partial charge is 0.447 e. The highest BCUT2D eigenvalue weighted by Crippen LogP contribution is 2.02. The van der Waals surface area contributed by atoms with Crippen molar-refractivity contribution in [1.29, 1.82) is 0 Å². The summed E-state index contributed by atoms with van der Waals surface area (Å²) in [6, 6.07) is 6.72. The van der Waals surface area contributed by atoms with Crippen molar-refractivity contribution in [1.82, 2.24) is 15.3 Å². The minimum absolute atomic E-state index is 0.0676. The minimum Gasteiger partial charge on any atom is -0.447 e. The number of aromatic nitrogens is 2. The van der Waals surface area contributed by atoms with Crippen LogP contribution in [0.15, 0.2) is 49.1 Å². The van der Waals surface area contributed by atoms with Crippen molar-refractivity contribution in [3.8, 4) is 0 Å². The molecule has 0 unspecified atom stereocenters. The molecule has 0 aliphatic carbocycles. The van der Waals surface area contributed by atoms with Crippen LogP contribution in [-0.2, 0) is 4.74 Å². The Morgan fingerprint density at radius 1 is 1.10 bits per heavy atom. The van der Waals surface area contributed by atoms with E-state index in [1.807, 2.05) is 0 Å². The highest BCUT2D eigenvalue weighted by Gasteiger charge is 2.05. The zero-order valence-electron chi connectivity index (χ0n) is 11.2. The lowest BCUT2D eigenvalue weighted by molar-refractivity contribution is 0.0937. The van der Waals surface area contributed by atoms with Crippen molar-refractivity contribution in [2.24, 2.45) is 0 Å². The standard InChI is InChI=1S/C14H14N4O3/c19-13(11-3-1-5-15-9-11)17-7-8-21-14(20)18-12-4-2-6-16-10-12/h1-6,9-10H,7-8H2,(H,17,19)(H,18,20). The van der Waals surface area contributed by atoms with Gasteiger partial charge >= 0.3 is 6.09 Å². The van der Waals surface area contributed by atoms with Gasteiger partial charge in [0.05, 0.1) is 24.0 Å². The molecular weight excluding hydrogens is 272 g/mol. The van der Waals surface area contributed by atoms with E-state index >= 15 is 0 Å². The SMILES string of the molecule is O=C(Nc1cccnc1)OCCNC(=O)c1cccnc1. The van der Waals surface area contributed by atoms with Gasteiger partial charge in [0.15, 0.2) is 0 Å². The van der Waals surface area contributed by atoms with Crippen LogP contribution in [0.1, 0.15) is 10.4 Å². The molecule has 0 spiro atoms. The van der Waals surface area contributed by atoms with Gasteiger partial charge in [0.25, 0.3) is 5.91 Å². The Kier molecular flexibility index (Phi) is 5.22. The Hall–Kier alpha value is -2.96. The highest BCUT2D eigenvalue weighted by molar-refractivity contribution is 5.93. The Bertz CT molecular complexity index is 590. The number of hydrogen-bond acceptors (Lipinski definition) is 5. The maximum atomic E-state index is 11.7. The van der Waals surface area contributed by atoms with Crippen LogP contribution in [0.25, 0.3) is 0 Å². The Labute approximate surface area is 121 Å². The van der Waals surface area contributed by atoms with E-state index in [-0.39, 0.29) is 19.1 Å². The molecule has 7 heteroatoms. The third-order valence-electron chi connectivity index (χ3n) is 2.45. The van der Waals surface area contributed by atoms with E-state index in [4.69, 9.17) is 4.74 Å². The molecule has 0 atom stereocenters. The average molecular weight is 286 g/mol. The first kappa shape index (κ1) is 14.4. The maximum absolute atomic E-state index is 11.7. The molecule has 0 saturated heterocycles. The maximum Gasteiger partial charge on any atom is 0.411 e. The van der Waals surface area contributed by atoms with Crippen LogP contribution in [0, 0.1) is 0 Å². The number of anilines is 1. The van der Waals surface area contributed by atoms with Gasteiger partial charge in [0, 0.05) is 18.6 Å². The third kappa shape index (κ3) is 4.90. The van der Waals surface area contributed by atoms with Crippen LogP contribution in [0.4, 0.5) is 10.5 Å². The van der Waals surface area contributed by atoms with Gasteiger partial charge in [-0.05, 0) is 24.3 Å². The molecule has 2 amide bonds. The lowest BCUT2D eigenvalue weighted by atomic mass is 10.3. The van der Waals surface area contributed by atoms with Crippen molar-refractivity contribution >= 4 is 17.7 Å². The molecule has 0 aromatic carbocycles. The molecule has 2 heterocycles. The Morgan fingerprint density at radius 2 is 1.86 bits per heavy atom. The van der Waals surface area contributed by atoms with Gasteiger partial charge in [-0.15, -0.1) is 0 Å². The first-order valence-corrected chi connectivity index (χ1v) is 6.28. The van der Waals surface area contributed by atoms with Crippen LogP contribution in [0.5, 0.6) is 0 Å². The number of carbonyl (C=O) groups excluding carboxylic acids is 2. The smallest absolute Gasteiger partial charge is 0.411 e. The van der Waals surface area contributed by atoms with Crippen LogP contribution in [0.3, 0.4) is 0 Å². The summed E-state index contributed by atoms with van der Waals surface area (Å²) in [4.78, 5) is 30.8. The van der Waals surface area contributed by atoms with Crippen LogP contribution < -0.4 is 10.6 Å². The van der Waals surface area contributed by atoms with Crippen LogP contribution in [-0.4, -0.2) is 35.1 Å². The van der Waals surface area contributed by atoms with Crippen molar-refractivity contribution in [2.45, 2.75) is 0 Å². The molecule has 7 nitrogen and oxygen atoms in total. The van der Waals surface area contributed by atoms with E-state index in [2.05, 4.69) is 20.6 Å². The fourth-order valence-corrected chi connectivity index (χ4v) is 1.50. The molecule has 2 N–H and O–H groups in total. The zero-order valence-corrected chi connectivity index (χ0v) is 11.2. The summed E-state index contributed by atoms with van der Waals surface area (Å²) >= 11 is 0. The van der Waals surface area contributed by atoms with Crippen molar-refractivity contribution in [2.75, 3.05) is 18.5 Å². The molecule has 0 saturated carbocycles. The molecule has 2 aromatic rings. The van der Waals surface area contributed by atoms with Gasteiger partial charge in [-0.2, -0.15) is 0 Å². The van der Waals surface area contributed by atoms with Crippen LogP contribution in [0.2, 0.25) is 0 Å². The lowest BCUT2D eigenvalue weighted by Gasteiger charge is -2.07. The fourth-order valence-electron chi connectivity index (χ4n) is 1.50. The Morgan fingerprint density at radius 3 is 2.52 bits per heavy atom. The van der Waals surface area contributed by atoms with E-state index in [1.54, 1.807) is 36.7 Å². The summed E-state index contributed by atoms with van der Waals surface area (Å²) in [5, 5.41) is 5.14. The molecule has 2 aromatic heterocycles.